The molecule has 0 bridgehead atoms. The van der Waals surface area contributed by atoms with Crippen molar-refractivity contribution >= 4 is 37.3 Å². The monoisotopic (exact) mass is 566 g/mol. The number of aryl methyl sites for hydroxylation is 1. The van der Waals surface area contributed by atoms with E-state index in [4.69, 9.17) is 11.6 Å². The Kier molecular flexibility index (Phi) is 7.59. The molecule has 1 aromatic heterocycles. The van der Waals surface area contributed by atoms with Crippen LogP contribution in [0.4, 0.5) is 5.69 Å². The van der Waals surface area contributed by atoms with Crippen molar-refractivity contribution in [3.05, 3.63) is 53.3 Å². The van der Waals surface area contributed by atoms with E-state index in [1.165, 1.54) is 4.31 Å². The average molecular weight is 567 g/mol. The van der Waals surface area contributed by atoms with Crippen LogP contribution in [-0.2, 0) is 20.0 Å². The molecule has 0 amide bonds. The molecule has 0 aliphatic carbocycles. The van der Waals surface area contributed by atoms with Gasteiger partial charge in [-0.25, -0.2) is 21.1 Å². The Morgan fingerprint density at radius 2 is 1.78 bits per heavy atom. The second-order valence-electron chi connectivity index (χ2n) is 10.7. The first-order chi connectivity index (χ1) is 17.6. The fraction of sp³-hybridized carbons (Fsp3) is 0.577. The van der Waals surface area contributed by atoms with E-state index in [9.17, 15) is 16.8 Å². The van der Waals surface area contributed by atoms with E-state index in [2.05, 4.69) is 9.88 Å². The molecule has 0 saturated carbocycles. The van der Waals surface area contributed by atoms with Gasteiger partial charge in [-0.15, -0.1) is 0 Å². The van der Waals surface area contributed by atoms with Crippen LogP contribution < -0.4 is 4.90 Å². The summed E-state index contributed by atoms with van der Waals surface area (Å²) in [6.45, 7) is 5.09. The van der Waals surface area contributed by atoms with Gasteiger partial charge >= 0.3 is 0 Å². The predicted octanol–water partition coefficient (Wildman–Crippen LogP) is 3.91. The summed E-state index contributed by atoms with van der Waals surface area (Å²) in [4.78, 5) is 6.58. The maximum Gasteiger partial charge on any atom is 0.245 e. The quantitative estimate of drug-likeness (QED) is 0.481. The number of pyridine rings is 1. The number of anilines is 1. The Bertz CT molecular complexity index is 1320. The SMILES string of the molecule is Cc1cccc(Cl)c1S(=O)(=O)N1CCC[C@H]1CCCS(=O)(=O)N1CCC2(CCN(c3ccncc3)C2)C1. The van der Waals surface area contributed by atoms with Crippen LogP contribution in [0.2, 0.25) is 5.02 Å². The summed E-state index contributed by atoms with van der Waals surface area (Å²) < 4.78 is 56.6. The molecule has 3 aliphatic heterocycles. The third-order valence-electron chi connectivity index (χ3n) is 8.26. The van der Waals surface area contributed by atoms with Crippen molar-refractivity contribution in [2.24, 2.45) is 5.41 Å². The highest BCUT2D eigenvalue weighted by Gasteiger charge is 2.46. The number of nitrogens with zero attached hydrogens (tertiary/aromatic N) is 4. The van der Waals surface area contributed by atoms with Crippen molar-refractivity contribution in [3.63, 3.8) is 0 Å². The van der Waals surface area contributed by atoms with E-state index in [-0.39, 0.29) is 27.1 Å². The van der Waals surface area contributed by atoms with E-state index in [0.29, 0.717) is 38.0 Å². The van der Waals surface area contributed by atoms with E-state index < -0.39 is 20.0 Å². The molecule has 3 saturated heterocycles. The first kappa shape index (κ1) is 26.9. The van der Waals surface area contributed by atoms with Gasteiger partial charge in [0.1, 0.15) is 4.90 Å². The Morgan fingerprint density at radius 3 is 2.54 bits per heavy atom. The van der Waals surface area contributed by atoms with Crippen LogP contribution in [-0.4, -0.2) is 74.9 Å². The van der Waals surface area contributed by atoms with Crippen molar-refractivity contribution in [3.8, 4) is 0 Å². The lowest BCUT2D eigenvalue weighted by molar-refractivity contribution is 0.340. The summed E-state index contributed by atoms with van der Waals surface area (Å²) in [5.74, 6) is 0.0483. The van der Waals surface area contributed by atoms with Crippen LogP contribution in [0.5, 0.6) is 0 Å². The summed E-state index contributed by atoms with van der Waals surface area (Å²) in [6, 6.07) is 8.89. The van der Waals surface area contributed by atoms with Gasteiger partial charge in [-0.3, -0.25) is 4.98 Å². The normalized spacial score (nSPS) is 25.5. The molecule has 3 fully saturated rings. The molecule has 8 nitrogen and oxygen atoms in total. The smallest absolute Gasteiger partial charge is 0.245 e. The number of rotatable bonds is 8. The van der Waals surface area contributed by atoms with Gasteiger partial charge in [0, 0.05) is 62.3 Å². The molecule has 202 valence electrons. The van der Waals surface area contributed by atoms with Crippen molar-refractivity contribution in [1.82, 2.24) is 13.6 Å². The number of benzene rings is 1. The molecule has 2 atom stereocenters. The second kappa shape index (κ2) is 10.4. The Balaban J connectivity index is 1.18. The van der Waals surface area contributed by atoms with Crippen LogP contribution in [0.25, 0.3) is 0 Å². The molecular weight excluding hydrogens is 532 g/mol. The lowest BCUT2D eigenvalue weighted by Gasteiger charge is -2.26. The van der Waals surface area contributed by atoms with Gasteiger partial charge in [0.2, 0.25) is 20.0 Å². The Hall–Kier alpha value is -1.72. The van der Waals surface area contributed by atoms with Gasteiger partial charge in [0.25, 0.3) is 0 Å². The maximum absolute atomic E-state index is 13.4. The van der Waals surface area contributed by atoms with E-state index in [1.807, 2.05) is 12.1 Å². The van der Waals surface area contributed by atoms with Crippen LogP contribution >= 0.6 is 11.6 Å². The second-order valence-corrected chi connectivity index (χ2v) is 15.0. The van der Waals surface area contributed by atoms with Crippen LogP contribution in [0, 0.1) is 12.3 Å². The highest BCUT2D eigenvalue weighted by Crippen LogP contribution is 2.42. The molecule has 11 heteroatoms. The zero-order valence-electron chi connectivity index (χ0n) is 21.2. The number of sulfonamides is 2. The van der Waals surface area contributed by atoms with E-state index >= 15 is 0 Å². The summed E-state index contributed by atoms with van der Waals surface area (Å²) in [6.07, 6.45) is 7.90. The summed E-state index contributed by atoms with van der Waals surface area (Å²) in [5.41, 5.74) is 1.76. The third-order valence-corrected chi connectivity index (χ3v) is 12.7. The summed E-state index contributed by atoms with van der Waals surface area (Å²) in [5, 5.41) is 0.227. The molecule has 1 aromatic carbocycles. The Morgan fingerprint density at radius 1 is 1.03 bits per heavy atom. The van der Waals surface area contributed by atoms with Crippen LogP contribution in [0.3, 0.4) is 0 Å². The number of halogens is 1. The highest BCUT2D eigenvalue weighted by atomic mass is 35.5. The van der Waals surface area contributed by atoms with Crippen molar-refractivity contribution in [2.75, 3.05) is 43.4 Å². The summed E-state index contributed by atoms with van der Waals surface area (Å²) in [7, 11) is -7.14. The third kappa shape index (κ3) is 5.41. The molecule has 5 rings (SSSR count). The molecule has 1 unspecified atom stereocenters. The molecule has 2 aromatic rings. The lowest BCUT2D eigenvalue weighted by atomic mass is 9.86. The highest BCUT2D eigenvalue weighted by molar-refractivity contribution is 7.89. The standard InChI is InChI=1S/C26H35ClN4O4S2/c1-21-5-2-8-24(27)25(21)37(34,35)31-15-3-6-23(31)7-4-18-36(32,33)30-17-12-26(20-30)11-16-29(19-26)22-9-13-28-14-10-22/h2,5,8-10,13-14,23H,3-4,6-7,11-12,15-20H2,1H3/t23-,26?/m0/s1. The Labute approximate surface area is 225 Å². The first-order valence-corrected chi connectivity index (χ1v) is 16.4. The fourth-order valence-electron chi connectivity index (χ4n) is 6.28. The van der Waals surface area contributed by atoms with Gasteiger partial charge in [-0.05, 0) is 69.2 Å². The van der Waals surface area contributed by atoms with Crippen LogP contribution in [0.1, 0.15) is 44.1 Å². The average Bonchev–Trinajstić information content (AvgIpc) is 3.61. The minimum absolute atomic E-state index is 0.000514. The van der Waals surface area contributed by atoms with Gasteiger partial charge in [0.15, 0.2) is 0 Å². The summed E-state index contributed by atoms with van der Waals surface area (Å²) >= 11 is 6.28. The first-order valence-electron chi connectivity index (χ1n) is 13.0. The molecule has 4 heterocycles. The fourth-order valence-corrected chi connectivity index (χ4v) is 10.4. The minimum Gasteiger partial charge on any atom is -0.371 e. The zero-order chi connectivity index (χ0) is 26.3. The maximum atomic E-state index is 13.4. The van der Waals surface area contributed by atoms with Crippen molar-refractivity contribution < 1.29 is 16.8 Å². The van der Waals surface area contributed by atoms with Crippen molar-refractivity contribution in [1.29, 1.82) is 0 Å². The number of aromatic nitrogens is 1. The van der Waals surface area contributed by atoms with Crippen molar-refractivity contribution in [2.45, 2.75) is 56.4 Å². The van der Waals surface area contributed by atoms with Gasteiger partial charge in [-0.1, -0.05) is 23.7 Å². The lowest BCUT2D eigenvalue weighted by Crippen LogP contribution is -2.37. The predicted molar refractivity (Wildman–Crippen MR) is 146 cm³/mol. The van der Waals surface area contributed by atoms with Gasteiger partial charge in [-0.2, -0.15) is 4.31 Å². The zero-order valence-corrected chi connectivity index (χ0v) is 23.6. The molecular formula is C26H35ClN4O4S2. The largest absolute Gasteiger partial charge is 0.371 e. The molecule has 0 radical (unpaired) electrons. The van der Waals surface area contributed by atoms with Crippen LogP contribution in [0.15, 0.2) is 47.6 Å². The minimum atomic E-state index is -3.74. The molecule has 3 aliphatic rings. The molecule has 1 spiro atoms. The van der Waals surface area contributed by atoms with Gasteiger partial charge < -0.3 is 4.90 Å². The molecule has 37 heavy (non-hydrogen) atoms. The topological polar surface area (TPSA) is 90.9 Å². The van der Waals surface area contributed by atoms with E-state index in [0.717, 1.165) is 44.5 Å². The molecule has 0 N–H and O–H groups in total. The van der Waals surface area contributed by atoms with E-state index in [1.54, 1.807) is 41.8 Å². The number of hydrogen-bond donors (Lipinski definition) is 0. The van der Waals surface area contributed by atoms with Gasteiger partial charge in [0.05, 0.1) is 10.8 Å². The number of hydrogen-bond acceptors (Lipinski definition) is 6.